The van der Waals surface area contributed by atoms with Gasteiger partial charge in [0, 0.05) is 51.7 Å². The Balaban J connectivity index is 1.41. The Morgan fingerprint density at radius 2 is 1.68 bits per heavy atom. The third kappa shape index (κ3) is 5.43. The maximum Gasteiger partial charge on any atom is 0.225 e. The van der Waals surface area contributed by atoms with Crippen LogP contribution in [0.25, 0.3) is 6.08 Å². The van der Waals surface area contributed by atoms with Gasteiger partial charge in [-0.3, -0.25) is 9.69 Å². The summed E-state index contributed by atoms with van der Waals surface area (Å²) < 4.78 is 25.5. The Labute approximate surface area is 168 Å². The predicted molar refractivity (Wildman–Crippen MR) is 112 cm³/mol. The number of carbonyl (C=O) groups is 1. The van der Waals surface area contributed by atoms with Crippen LogP contribution in [0, 0.1) is 5.92 Å². The van der Waals surface area contributed by atoms with Crippen LogP contribution in [0.1, 0.15) is 25.3 Å². The van der Waals surface area contributed by atoms with Gasteiger partial charge in [0.25, 0.3) is 0 Å². The van der Waals surface area contributed by atoms with E-state index in [4.69, 9.17) is 0 Å². The highest BCUT2D eigenvalue weighted by molar-refractivity contribution is 7.89. The van der Waals surface area contributed by atoms with Crippen molar-refractivity contribution in [3.63, 3.8) is 0 Å². The molecule has 0 aromatic heterocycles. The molecule has 0 atom stereocenters. The van der Waals surface area contributed by atoms with Crippen molar-refractivity contribution in [3.8, 4) is 0 Å². The van der Waals surface area contributed by atoms with Crippen molar-refractivity contribution in [2.45, 2.75) is 19.8 Å². The van der Waals surface area contributed by atoms with Crippen molar-refractivity contribution in [1.29, 1.82) is 0 Å². The molecule has 28 heavy (non-hydrogen) atoms. The van der Waals surface area contributed by atoms with E-state index in [0.29, 0.717) is 25.9 Å². The molecule has 0 N–H and O–H groups in total. The summed E-state index contributed by atoms with van der Waals surface area (Å²) in [5.41, 5.74) is 1.20. The zero-order chi connectivity index (χ0) is 20.0. The van der Waals surface area contributed by atoms with Gasteiger partial charge in [-0.05, 0) is 25.3 Å². The quantitative estimate of drug-likeness (QED) is 0.725. The van der Waals surface area contributed by atoms with Crippen LogP contribution in [0.2, 0.25) is 0 Å². The molecule has 6 nitrogen and oxygen atoms in total. The molecule has 2 saturated heterocycles. The first kappa shape index (κ1) is 21.0. The third-order valence-electron chi connectivity index (χ3n) is 5.72. The van der Waals surface area contributed by atoms with Crippen LogP contribution in [0.3, 0.4) is 0 Å². The topological polar surface area (TPSA) is 60.9 Å². The lowest BCUT2D eigenvalue weighted by Crippen LogP contribution is -2.51. The van der Waals surface area contributed by atoms with Gasteiger partial charge in [-0.15, -0.1) is 0 Å². The molecule has 0 aliphatic carbocycles. The second-order valence-corrected chi connectivity index (χ2v) is 9.77. The number of amides is 1. The van der Waals surface area contributed by atoms with Gasteiger partial charge in [-0.2, -0.15) is 0 Å². The number of rotatable bonds is 6. The lowest BCUT2D eigenvalue weighted by molar-refractivity contribution is -0.138. The Morgan fingerprint density at radius 3 is 2.29 bits per heavy atom. The van der Waals surface area contributed by atoms with Gasteiger partial charge < -0.3 is 4.90 Å². The number of nitrogens with zero attached hydrogens (tertiary/aromatic N) is 3. The molecule has 7 heteroatoms. The van der Waals surface area contributed by atoms with E-state index in [1.807, 2.05) is 23.1 Å². The zero-order valence-electron chi connectivity index (χ0n) is 16.7. The van der Waals surface area contributed by atoms with Crippen LogP contribution in [0.4, 0.5) is 0 Å². The van der Waals surface area contributed by atoms with Gasteiger partial charge in [0.2, 0.25) is 15.9 Å². The molecule has 0 spiro atoms. The summed E-state index contributed by atoms with van der Waals surface area (Å²) in [6, 6.07) is 10.3. The van der Waals surface area contributed by atoms with Crippen molar-refractivity contribution < 1.29 is 13.2 Å². The highest BCUT2D eigenvalue weighted by Gasteiger charge is 2.33. The number of piperidine rings is 1. The second kappa shape index (κ2) is 9.67. The lowest BCUT2D eigenvalue weighted by atomic mass is 9.96. The molecule has 1 aromatic rings. The van der Waals surface area contributed by atoms with Crippen LogP contribution in [0.15, 0.2) is 36.4 Å². The minimum absolute atomic E-state index is 0.0344. The van der Waals surface area contributed by atoms with Gasteiger partial charge in [-0.1, -0.05) is 42.5 Å². The van der Waals surface area contributed by atoms with Crippen LogP contribution in [-0.4, -0.2) is 80.0 Å². The molecule has 0 bridgehead atoms. The van der Waals surface area contributed by atoms with Crippen LogP contribution in [0.5, 0.6) is 0 Å². The van der Waals surface area contributed by atoms with Gasteiger partial charge in [-0.25, -0.2) is 12.7 Å². The average Bonchev–Trinajstić information content (AvgIpc) is 2.74. The van der Waals surface area contributed by atoms with E-state index < -0.39 is 10.0 Å². The van der Waals surface area contributed by atoms with Crippen LogP contribution in [-0.2, 0) is 14.8 Å². The van der Waals surface area contributed by atoms with Crippen molar-refractivity contribution in [2.75, 3.05) is 51.6 Å². The number of benzene rings is 1. The number of piperazine rings is 1. The van der Waals surface area contributed by atoms with Crippen molar-refractivity contribution in [2.24, 2.45) is 5.92 Å². The zero-order valence-corrected chi connectivity index (χ0v) is 17.5. The molecule has 1 amide bonds. The smallest absolute Gasteiger partial charge is 0.225 e. The maximum atomic E-state index is 12.8. The average molecular weight is 406 g/mol. The minimum atomic E-state index is -3.14. The molecular weight excluding hydrogens is 374 g/mol. The Kier molecular flexibility index (Phi) is 7.26. The van der Waals surface area contributed by atoms with E-state index in [1.165, 1.54) is 9.87 Å². The van der Waals surface area contributed by atoms with Crippen molar-refractivity contribution in [3.05, 3.63) is 42.0 Å². The fourth-order valence-electron chi connectivity index (χ4n) is 3.87. The number of sulfonamides is 1. The highest BCUT2D eigenvalue weighted by Crippen LogP contribution is 2.22. The largest absolute Gasteiger partial charge is 0.340 e. The molecule has 0 saturated carbocycles. The summed E-state index contributed by atoms with van der Waals surface area (Å²) in [5.74, 6) is 0.299. The van der Waals surface area contributed by atoms with E-state index in [0.717, 1.165) is 32.7 Å². The fourth-order valence-corrected chi connectivity index (χ4v) is 5.01. The number of hydrogen-bond donors (Lipinski definition) is 0. The summed E-state index contributed by atoms with van der Waals surface area (Å²) in [4.78, 5) is 17.1. The second-order valence-electron chi connectivity index (χ2n) is 7.51. The summed E-state index contributed by atoms with van der Waals surface area (Å²) in [6.45, 7) is 6.78. The van der Waals surface area contributed by atoms with Gasteiger partial charge in [0.05, 0.1) is 5.75 Å². The Hall–Kier alpha value is -1.70. The first-order chi connectivity index (χ1) is 13.5. The van der Waals surface area contributed by atoms with Gasteiger partial charge in [0.15, 0.2) is 0 Å². The molecule has 3 rings (SSSR count). The first-order valence-electron chi connectivity index (χ1n) is 10.2. The monoisotopic (exact) mass is 405 g/mol. The van der Waals surface area contributed by atoms with Gasteiger partial charge in [0.1, 0.15) is 0 Å². The Bertz CT molecular complexity index is 763. The standard InChI is InChI=1S/C21H31N3O3S/c1-2-28(26,27)24-13-10-20(11-14-24)21(25)23-17-15-22(16-18-23)12-6-9-19-7-4-3-5-8-19/h3-9,20H,2,10-18H2,1H3. The summed E-state index contributed by atoms with van der Waals surface area (Å²) in [6.07, 6.45) is 5.59. The summed E-state index contributed by atoms with van der Waals surface area (Å²) in [5, 5.41) is 0. The summed E-state index contributed by atoms with van der Waals surface area (Å²) in [7, 11) is -3.14. The Morgan fingerprint density at radius 1 is 1.04 bits per heavy atom. The van der Waals surface area contributed by atoms with Crippen molar-refractivity contribution in [1.82, 2.24) is 14.1 Å². The van der Waals surface area contributed by atoms with E-state index in [-0.39, 0.29) is 17.6 Å². The molecule has 0 unspecified atom stereocenters. The van der Waals surface area contributed by atoms with Gasteiger partial charge >= 0.3 is 0 Å². The molecule has 2 heterocycles. The lowest BCUT2D eigenvalue weighted by Gasteiger charge is -2.38. The third-order valence-corrected chi connectivity index (χ3v) is 7.60. The predicted octanol–water partition coefficient (Wildman–Crippen LogP) is 1.91. The molecule has 1 aromatic carbocycles. The summed E-state index contributed by atoms with van der Waals surface area (Å²) >= 11 is 0. The maximum absolute atomic E-state index is 12.8. The molecule has 2 aliphatic heterocycles. The number of carbonyl (C=O) groups excluding carboxylic acids is 1. The molecule has 2 fully saturated rings. The molecular formula is C21H31N3O3S. The van der Waals surface area contributed by atoms with Crippen LogP contribution >= 0.6 is 0 Å². The SMILES string of the molecule is CCS(=O)(=O)N1CCC(C(=O)N2CCN(CC=Cc3ccccc3)CC2)CC1. The fraction of sp³-hybridized carbons (Fsp3) is 0.571. The molecule has 154 valence electrons. The number of hydrogen-bond acceptors (Lipinski definition) is 4. The van der Waals surface area contributed by atoms with Crippen molar-refractivity contribution >= 4 is 22.0 Å². The highest BCUT2D eigenvalue weighted by atomic mass is 32.2. The normalized spacial score (nSPS) is 20.7. The van der Waals surface area contributed by atoms with E-state index >= 15 is 0 Å². The van der Waals surface area contributed by atoms with E-state index in [1.54, 1.807) is 6.92 Å². The molecule has 2 aliphatic rings. The van der Waals surface area contributed by atoms with Crippen LogP contribution < -0.4 is 0 Å². The first-order valence-corrected chi connectivity index (χ1v) is 11.8. The minimum Gasteiger partial charge on any atom is -0.340 e. The molecule has 0 radical (unpaired) electrons. The van der Waals surface area contributed by atoms with E-state index in [9.17, 15) is 13.2 Å². The van der Waals surface area contributed by atoms with E-state index in [2.05, 4.69) is 29.2 Å².